The standard InChI is InChI=1S/C24H24N2O3/c1-3-27-24(28-4-2)23(26,16-25)21(18-11-6-5-7-12-18)20-15-14-17-10-8-9-13-19(17)22(20)29-24/h5-15,21H,3-4,26H2,1-2H3. The van der Waals surface area contributed by atoms with E-state index < -0.39 is 17.4 Å². The van der Waals surface area contributed by atoms with Crippen molar-refractivity contribution in [2.45, 2.75) is 31.3 Å². The average molecular weight is 388 g/mol. The van der Waals surface area contributed by atoms with Crippen LogP contribution in [0, 0.1) is 11.3 Å². The lowest BCUT2D eigenvalue weighted by Crippen LogP contribution is -2.70. The number of benzene rings is 3. The van der Waals surface area contributed by atoms with E-state index in [2.05, 4.69) is 6.07 Å². The van der Waals surface area contributed by atoms with Crippen LogP contribution in [0.5, 0.6) is 5.75 Å². The van der Waals surface area contributed by atoms with Crippen LogP contribution in [0.4, 0.5) is 0 Å². The van der Waals surface area contributed by atoms with E-state index in [1.54, 1.807) is 0 Å². The van der Waals surface area contributed by atoms with Gasteiger partial charge in [0, 0.05) is 10.9 Å². The number of hydrogen-bond donors (Lipinski definition) is 1. The van der Waals surface area contributed by atoms with Crippen molar-refractivity contribution in [1.82, 2.24) is 0 Å². The molecule has 3 aromatic carbocycles. The summed E-state index contributed by atoms with van der Waals surface area (Å²) in [5.74, 6) is -1.60. The molecule has 1 aliphatic heterocycles. The van der Waals surface area contributed by atoms with Crippen molar-refractivity contribution in [3.8, 4) is 11.8 Å². The van der Waals surface area contributed by atoms with E-state index in [1.807, 2.05) is 80.6 Å². The van der Waals surface area contributed by atoms with E-state index in [0.717, 1.165) is 21.9 Å². The van der Waals surface area contributed by atoms with Crippen molar-refractivity contribution >= 4 is 10.8 Å². The highest BCUT2D eigenvalue weighted by atomic mass is 16.9. The third-order valence-electron chi connectivity index (χ3n) is 5.41. The van der Waals surface area contributed by atoms with Crippen LogP contribution in [0.2, 0.25) is 0 Å². The van der Waals surface area contributed by atoms with Crippen LogP contribution in [0.25, 0.3) is 10.8 Å². The summed E-state index contributed by atoms with van der Waals surface area (Å²) in [5.41, 5.74) is 6.95. The van der Waals surface area contributed by atoms with Crippen molar-refractivity contribution in [2.75, 3.05) is 13.2 Å². The van der Waals surface area contributed by atoms with E-state index in [-0.39, 0.29) is 13.2 Å². The van der Waals surface area contributed by atoms with Gasteiger partial charge in [0.15, 0.2) is 0 Å². The lowest BCUT2D eigenvalue weighted by atomic mass is 9.72. The maximum absolute atomic E-state index is 10.3. The average Bonchev–Trinajstić information content (AvgIpc) is 2.75. The van der Waals surface area contributed by atoms with Gasteiger partial charge in [-0.1, -0.05) is 66.7 Å². The highest BCUT2D eigenvalue weighted by molar-refractivity contribution is 5.90. The van der Waals surface area contributed by atoms with Gasteiger partial charge in [-0.05, 0) is 24.8 Å². The molecule has 2 unspecified atom stereocenters. The fraction of sp³-hybridized carbons (Fsp3) is 0.292. The largest absolute Gasteiger partial charge is 0.436 e. The Labute approximate surface area is 170 Å². The highest BCUT2D eigenvalue weighted by Gasteiger charge is 2.64. The first-order valence-electron chi connectivity index (χ1n) is 9.84. The van der Waals surface area contributed by atoms with E-state index in [4.69, 9.17) is 19.9 Å². The van der Waals surface area contributed by atoms with Gasteiger partial charge in [0.1, 0.15) is 5.75 Å². The molecule has 0 aliphatic carbocycles. The molecule has 1 aliphatic rings. The summed E-state index contributed by atoms with van der Waals surface area (Å²) >= 11 is 0. The first kappa shape index (κ1) is 19.4. The summed E-state index contributed by atoms with van der Waals surface area (Å²) in [6.45, 7) is 4.22. The van der Waals surface area contributed by atoms with Gasteiger partial charge in [-0.2, -0.15) is 5.26 Å². The molecule has 2 N–H and O–H groups in total. The second-order valence-corrected chi connectivity index (χ2v) is 7.05. The van der Waals surface area contributed by atoms with Crippen LogP contribution in [-0.2, 0) is 9.47 Å². The molecule has 1 heterocycles. The topological polar surface area (TPSA) is 77.5 Å². The van der Waals surface area contributed by atoms with Crippen molar-refractivity contribution in [3.05, 3.63) is 77.9 Å². The van der Waals surface area contributed by atoms with Crippen molar-refractivity contribution in [3.63, 3.8) is 0 Å². The molecule has 0 fully saturated rings. The van der Waals surface area contributed by atoms with E-state index in [1.165, 1.54) is 0 Å². The summed E-state index contributed by atoms with van der Waals surface area (Å²) in [6, 6.07) is 24.0. The Hall–Kier alpha value is -2.91. The minimum atomic E-state index is -1.73. The Balaban J connectivity index is 2.07. The fourth-order valence-electron chi connectivity index (χ4n) is 4.18. The minimum absolute atomic E-state index is 0.280. The SMILES string of the molecule is CCOC1(OCC)Oc2c(ccc3ccccc23)C(c2ccccc2)C1(N)C#N. The van der Waals surface area contributed by atoms with Crippen molar-refractivity contribution < 1.29 is 14.2 Å². The summed E-state index contributed by atoms with van der Waals surface area (Å²) in [6.07, 6.45) is 0. The molecule has 0 amide bonds. The van der Waals surface area contributed by atoms with Gasteiger partial charge in [-0.3, -0.25) is 0 Å². The molecular weight excluding hydrogens is 364 g/mol. The predicted molar refractivity (Wildman–Crippen MR) is 111 cm³/mol. The summed E-state index contributed by atoms with van der Waals surface area (Å²) in [7, 11) is 0. The monoisotopic (exact) mass is 388 g/mol. The van der Waals surface area contributed by atoms with Gasteiger partial charge >= 0.3 is 5.97 Å². The molecule has 5 nitrogen and oxygen atoms in total. The minimum Gasteiger partial charge on any atom is -0.436 e. The predicted octanol–water partition coefficient (Wildman–Crippen LogP) is 4.31. The maximum Gasteiger partial charge on any atom is 0.361 e. The number of nitrogens with zero attached hydrogens (tertiary/aromatic N) is 1. The lowest BCUT2D eigenvalue weighted by molar-refractivity contribution is -0.369. The number of fused-ring (bicyclic) bond motifs is 3. The van der Waals surface area contributed by atoms with E-state index in [0.29, 0.717) is 5.75 Å². The molecule has 4 rings (SSSR count). The molecule has 0 spiro atoms. The van der Waals surface area contributed by atoms with Gasteiger partial charge < -0.3 is 19.9 Å². The molecule has 5 heteroatoms. The third-order valence-corrected chi connectivity index (χ3v) is 5.41. The highest BCUT2D eigenvalue weighted by Crippen LogP contribution is 2.52. The Morgan fingerprint density at radius 1 is 0.966 bits per heavy atom. The summed E-state index contributed by atoms with van der Waals surface area (Å²) in [5, 5.41) is 12.2. The Bertz CT molecular complexity index is 1050. The van der Waals surface area contributed by atoms with Gasteiger partial charge in [0.25, 0.3) is 0 Å². The smallest absolute Gasteiger partial charge is 0.361 e. The van der Waals surface area contributed by atoms with Crippen molar-refractivity contribution in [2.24, 2.45) is 5.73 Å². The second-order valence-electron chi connectivity index (χ2n) is 7.05. The van der Waals surface area contributed by atoms with Gasteiger partial charge in [0.05, 0.1) is 25.2 Å². The molecule has 0 bridgehead atoms. The fourth-order valence-corrected chi connectivity index (χ4v) is 4.18. The quantitative estimate of drug-likeness (QED) is 0.659. The number of nitriles is 1. The molecule has 0 aromatic heterocycles. The molecule has 148 valence electrons. The molecule has 0 radical (unpaired) electrons. The summed E-state index contributed by atoms with van der Waals surface area (Å²) < 4.78 is 18.3. The van der Waals surface area contributed by atoms with E-state index >= 15 is 0 Å². The van der Waals surface area contributed by atoms with Crippen LogP contribution in [0.3, 0.4) is 0 Å². The van der Waals surface area contributed by atoms with Crippen LogP contribution in [0.15, 0.2) is 66.7 Å². The van der Waals surface area contributed by atoms with E-state index in [9.17, 15) is 5.26 Å². The number of rotatable bonds is 5. The molecule has 3 aromatic rings. The zero-order valence-corrected chi connectivity index (χ0v) is 16.6. The molecule has 2 atom stereocenters. The second kappa shape index (κ2) is 7.49. The zero-order valence-electron chi connectivity index (χ0n) is 16.6. The Kier molecular flexibility index (Phi) is 5.01. The van der Waals surface area contributed by atoms with Crippen LogP contribution < -0.4 is 10.5 Å². The van der Waals surface area contributed by atoms with Crippen molar-refractivity contribution in [1.29, 1.82) is 5.26 Å². The molecule has 0 saturated heterocycles. The van der Waals surface area contributed by atoms with Gasteiger partial charge in [-0.15, -0.1) is 0 Å². The maximum atomic E-state index is 10.3. The molecule has 29 heavy (non-hydrogen) atoms. The first-order valence-corrected chi connectivity index (χ1v) is 9.84. The number of hydrogen-bond acceptors (Lipinski definition) is 5. The third kappa shape index (κ3) is 2.89. The number of ether oxygens (including phenoxy) is 3. The molecular formula is C24H24N2O3. The Morgan fingerprint density at radius 3 is 2.28 bits per heavy atom. The zero-order chi connectivity index (χ0) is 20.5. The van der Waals surface area contributed by atoms with Crippen LogP contribution in [-0.4, -0.2) is 24.7 Å². The lowest BCUT2D eigenvalue weighted by Gasteiger charge is -2.49. The summed E-state index contributed by atoms with van der Waals surface area (Å²) in [4.78, 5) is 0. The molecule has 0 saturated carbocycles. The Morgan fingerprint density at radius 2 is 1.62 bits per heavy atom. The first-order chi connectivity index (χ1) is 14.1. The van der Waals surface area contributed by atoms with Gasteiger partial charge in [-0.25, -0.2) is 0 Å². The van der Waals surface area contributed by atoms with Crippen LogP contribution in [0.1, 0.15) is 30.9 Å². The van der Waals surface area contributed by atoms with Gasteiger partial charge in [0.2, 0.25) is 5.54 Å². The van der Waals surface area contributed by atoms with Crippen LogP contribution >= 0.6 is 0 Å². The number of nitrogens with two attached hydrogens (primary N) is 1. The normalized spacial score (nSPS) is 22.5.